The van der Waals surface area contributed by atoms with Crippen molar-refractivity contribution in [3.05, 3.63) is 0 Å². The van der Waals surface area contributed by atoms with Gasteiger partial charge < -0.3 is 5.11 Å². The van der Waals surface area contributed by atoms with Crippen molar-refractivity contribution in [3.8, 4) is 0 Å². The number of hydrogen-bond acceptors (Lipinski definition) is 4. The maximum absolute atomic E-state index is 9.92. The average molecular weight is 237 g/mol. The van der Waals surface area contributed by atoms with Crippen LogP contribution in [0.15, 0.2) is 0 Å². The molecule has 0 aromatic heterocycles. The van der Waals surface area contributed by atoms with Gasteiger partial charge in [-0.05, 0) is 31.6 Å². The average Bonchev–Trinajstić information content (AvgIpc) is 2.00. The standard InChI is InChI=1S/C10H22O4P/c1-7(2)8-4-5-10(3,6-9(8)11)15(12,13)14/h7-9,11-14H,4-6H2,1-3H3/q+1/t8-,9+,10+/m0/s1. The number of aliphatic hydroxyl groups excluding tert-OH is 1. The molecule has 1 fully saturated rings. The van der Waals surface area contributed by atoms with Crippen molar-refractivity contribution in [2.45, 2.75) is 51.3 Å². The molecule has 0 bridgehead atoms. The summed E-state index contributed by atoms with van der Waals surface area (Å²) in [6, 6.07) is 0. The molecule has 0 radical (unpaired) electrons. The first-order valence-corrected chi connectivity index (χ1v) is 7.07. The SMILES string of the molecule is CC(C)[C@@H]1CC[C@@](C)([P+](O)(O)O)C[C@H]1O. The lowest BCUT2D eigenvalue weighted by molar-refractivity contribution is 0.0253. The van der Waals surface area contributed by atoms with Gasteiger partial charge in [-0.3, -0.25) is 0 Å². The Labute approximate surface area is 91.5 Å². The third-order valence-electron chi connectivity index (χ3n) is 3.74. The van der Waals surface area contributed by atoms with Gasteiger partial charge in [-0.2, -0.15) is 14.7 Å². The largest absolute Gasteiger partial charge is 0.409 e. The highest BCUT2D eigenvalue weighted by atomic mass is 31.2. The summed E-state index contributed by atoms with van der Waals surface area (Å²) in [5.74, 6) is 0.581. The molecule has 4 N–H and O–H groups in total. The third-order valence-corrected chi connectivity index (χ3v) is 5.59. The summed E-state index contributed by atoms with van der Waals surface area (Å²) < 4.78 is 0. The van der Waals surface area contributed by atoms with E-state index < -0.39 is 19.2 Å². The molecule has 3 atom stereocenters. The fourth-order valence-corrected chi connectivity index (χ4v) is 3.29. The third kappa shape index (κ3) is 2.69. The van der Waals surface area contributed by atoms with Gasteiger partial charge in [0.2, 0.25) is 0 Å². The summed E-state index contributed by atoms with van der Waals surface area (Å²) >= 11 is 0. The second-order valence-corrected chi connectivity index (χ2v) is 7.50. The van der Waals surface area contributed by atoms with E-state index in [4.69, 9.17) is 0 Å². The fourth-order valence-electron chi connectivity index (χ4n) is 2.42. The van der Waals surface area contributed by atoms with E-state index >= 15 is 0 Å². The lowest BCUT2D eigenvalue weighted by Gasteiger charge is -2.40. The predicted octanol–water partition coefficient (Wildman–Crippen LogP) is 1.30. The lowest BCUT2D eigenvalue weighted by Crippen LogP contribution is -2.42. The van der Waals surface area contributed by atoms with E-state index in [9.17, 15) is 19.8 Å². The molecule has 1 rings (SSSR count). The molecule has 0 aliphatic heterocycles. The van der Waals surface area contributed by atoms with E-state index in [1.54, 1.807) is 6.92 Å². The summed E-state index contributed by atoms with van der Waals surface area (Å²) in [5, 5.41) is 9.00. The molecular weight excluding hydrogens is 215 g/mol. The smallest absolute Gasteiger partial charge is 0.393 e. The number of rotatable bonds is 2. The zero-order valence-electron chi connectivity index (χ0n) is 9.59. The normalized spacial score (nSPS) is 38.4. The molecule has 90 valence electrons. The van der Waals surface area contributed by atoms with Gasteiger partial charge in [0.1, 0.15) is 0 Å². The van der Waals surface area contributed by atoms with E-state index in [1.165, 1.54) is 0 Å². The minimum absolute atomic E-state index is 0.199. The van der Waals surface area contributed by atoms with Crippen LogP contribution in [-0.2, 0) is 0 Å². The minimum Gasteiger partial charge on any atom is -0.393 e. The van der Waals surface area contributed by atoms with Gasteiger partial charge in [-0.25, -0.2) is 0 Å². The predicted molar refractivity (Wildman–Crippen MR) is 60.2 cm³/mol. The van der Waals surface area contributed by atoms with E-state index in [-0.39, 0.29) is 12.3 Å². The van der Waals surface area contributed by atoms with E-state index in [0.29, 0.717) is 12.3 Å². The van der Waals surface area contributed by atoms with Crippen LogP contribution in [0.3, 0.4) is 0 Å². The highest BCUT2D eigenvalue weighted by Gasteiger charge is 2.58. The van der Waals surface area contributed by atoms with Crippen LogP contribution < -0.4 is 0 Å². The summed E-state index contributed by atoms with van der Waals surface area (Å²) in [6.45, 7) is 5.74. The zero-order chi connectivity index (χ0) is 11.9. The van der Waals surface area contributed by atoms with E-state index in [1.807, 2.05) is 0 Å². The Morgan fingerprint density at radius 1 is 1.27 bits per heavy atom. The van der Waals surface area contributed by atoms with Crippen molar-refractivity contribution in [2.75, 3.05) is 0 Å². The maximum atomic E-state index is 9.92. The molecule has 1 saturated carbocycles. The zero-order valence-corrected chi connectivity index (χ0v) is 10.5. The van der Waals surface area contributed by atoms with Crippen LogP contribution in [0.25, 0.3) is 0 Å². The highest BCUT2D eigenvalue weighted by molar-refractivity contribution is 7.60. The van der Waals surface area contributed by atoms with E-state index in [2.05, 4.69) is 13.8 Å². The van der Waals surface area contributed by atoms with Gasteiger partial charge in [0.25, 0.3) is 0 Å². The molecular formula is C10H22O4P+. The van der Waals surface area contributed by atoms with Gasteiger partial charge in [-0.1, -0.05) is 13.8 Å². The second kappa shape index (κ2) is 4.27. The van der Waals surface area contributed by atoms with Crippen LogP contribution in [0.5, 0.6) is 0 Å². The van der Waals surface area contributed by atoms with Crippen molar-refractivity contribution < 1.29 is 19.8 Å². The Hall–Kier alpha value is 0.270. The van der Waals surface area contributed by atoms with Gasteiger partial charge in [0.05, 0.1) is 6.10 Å². The van der Waals surface area contributed by atoms with Crippen molar-refractivity contribution in [2.24, 2.45) is 11.8 Å². The molecule has 0 spiro atoms. The maximum Gasteiger partial charge on any atom is 0.409 e. The van der Waals surface area contributed by atoms with Crippen molar-refractivity contribution >= 4 is 7.94 Å². The van der Waals surface area contributed by atoms with Crippen molar-refractivity contribution in [1.29, 1.82) is 0 Å². The summed E-state index contributed by atoms with van der Waals surface area (Å²) in [5.41, 5.74) is 0. The summed E-state index contributed by atoms with van der Waals surface area (Å²) in [6.07, 6.45) is 1.02. The quantitative estimate of drug-likeness (QED) is 0.546. The van der Waals surface area contributed by atoms with Crippen LogP contribution in [0, 0.1) is 11.8 Å². The Bertz CT molecular complexity index is 226. The molecule has 0 amide bonds. The van der Waals surface area contributed by atoms with Crippen LogP contribution in [-0.4, -0.2) is 31.0 Å². The Morgan fingerprint density at radius 2 is 1.80 bits per heavy atom. The van der Waals surface area contributed by atoms with Crippen LogP contribution in [0.2, 0.25) is 0 Å². The Morgan fingerprint density at radius 3 is 2.13 bits per heavy atom. The van der Waals surface area contributed by atoms with Gasteiger partial charge >= 0.3 is 7.94 Å². The molecule has 5 heteroatoms. The van der Waals surface area contributed by atoms with Crippen LogP contribution in [0.4, 0.5) is 0 Å². The molecule has 15 heavy (non-hydrogen) atoms. The summed E-state index contributed by atoms with van der Waals surface area (Å²) in [7, 11) is -3.86. The van der Waals surface area contributed by atoms with Crippen LogP contribution >= 0.6 is 7.94 Å². The van der Waals surface area contributed by atoms with Crippen molar-refractivity contribution in [1.82, 2.24) is 0 Å². The fraction of sp³-hybridized carbons (Fsp3) is 1.00. The Kier molecular flexibility index (Phi) is 3.79. The Balaban J connectivity index is 2.73. The molecule has 0 aromatic carbocycles. The molecule has 0 saturated heterocycles. The summed E-state index contributed by atoms with van der Waals surface area (Å²) in [4.78, 5) is 28.1. The first-order valence-electron chi connectivity index (χ1n) is 5.43. The number of hydrogen-bond donors (Lipinski definition) is 4. The molecule has 1 aliphatic rings. The van der Waals surface area contributed by atoms with Crippen LogP contribution in [0.1, 0.15) is 40.0 Å². The highest BCUT2D eigenvalue weighted by Crippen LogP contribution is 2.64. The topological polar surface area (TPSA) is 80.9 Å². The van der Waals surface area contributed by atoms with E-state index in [0.717, 1.165) is 6.42 Å². The second-order valence-electron chi connectivity index (χ2n) is 5.28. The van der Waals surface area contributed by atoms with Crippen molar-refractivity contribution in [3.63, 3.8) is 0 Å². The molecule has 4 nitrogen and oxygen atoms in total. The minimum atomic E-state index is -3.86. The van der Waals surface area contributed by atoms with Gasteiger partial charge in [-0.15, -0.1) is 0 Å². The first kappa shape index (κ1) is 13.3. The van der Waals surface area contributed by atoms with Gasteiger partial charge in [0, 0.05) is 6.42 Å². The first-order chi connectivity index (χ1) is 6.67. The number of aliphatic hydroxyl groups is 1. The van der Waals surface area contributed by atoms with Gasteiger partial charge in [0.15, 0.2) is 5.16 Å². The molecule has 0 unspecified atom stereocenters. The molecule has 1 aliphatic carbocycles. The monoisotopic (exact) mass is 237 g/mol. The lowest BCUT2D eigenvalue weighted by atomic mass is 9.75. The molecule has 0 heterocycles. The molecule has 0 aromatic rings.